The Morgan fingerprint density at radius 3 is 2.64 bits per heavy atom. The molecule has 2 amide bonds. The van der Waals surface area contributed by atoms with Crippen LogP contribution in [0.2, 0.25) is 0 Å². The minimum Gasteiger partial charge on any atom is -0.326 e. The van der Waals surface area contributed by atoms with Crippen LogP contribution < -0.4 is 16.0 Å². The molecule has 1 unspecified atom stereocenters. The summed E-state index contributed by atoms with van der Waals surface area (Å²) in [6.45, 7) is 6.45. The minimum absolute atomic E-state index is 0.0179. The van der Waals surface area contributed by atoms with Crippen molar-refractivity contribution < 1.29 is 9.59 Å². The van der Waals surface area contributed by atoms with Crippen molar-refractivity contribution in [2.75, 3.05) is 43.4 Å². The third kappa shape index (κ3) is 4.39. The summed E-state index contributed by atoms with van der Waals surface area (Å²) in [5.74, 6) is 0.272. The molecule has 0 radical (unpaired) electrons. The summed E-state index contributed by atoms with van der Waals surface area (Å²) in [5.41, 5.74) is 2.78. The Morgan fingerprint density at radius 2 is 1.89 bits per heavy atom. The van der Waals surface area contributed by atoms with Gasteiger partial charge in [0.1, 0.15) is 0 Å². The molecule has 6 nitrogen and oxygen atoms in total. The van der Waals surface area contributed by atoms with E-state index in [9.17, 15) is 9.59 Å². The first-order chi connectivity index (χ1) is 13.6. The number of amides is 2. The van der Waals surface area contributed by atoms with E-state index >= 15 is 0 Å². The van der Waals surface area contributed by atoms with Crippen LogP contribution in [0.25, 0.3) is 0 Å². The van der Waals surface area contributed by atoms with Gasteiger partial charge in [0.25, 0.3) is 0 Å². The van der Waals surface area contributed by atoms with Crippen molar-refractivity contribution in [1.82, 2.24) is 10.2 Å². The fourth-order valence-electron chi connectivity index (χ4n) is 4.77. The van der Waals surface area contributed by atoms with E-state index in [1.54, 1.807) is 0 Å². The molecule has 2 heterocycles. The van der Waals surface area contributed by atoms with Crippen LogP contribution in [-0.2, 0) is 9.59 Å². The monoisotopic (exact) mass is 384 g/mol. The van der Waals surface area contributed by atoms with Crippen LogP contribution in [-0.4, -0.2) is 49.4 Å². The van der Waals surface area contributed by atoms with Gasteiger partial charge >= 0.3 is 0 Å². The van der Waals surface area contributed by atoms with Crippen LogP contribution in [0.1, 0.15) is 44.1 Å². The molecule has 2 aliphatic heterocycles. The van der Waals surface area contributed by atoms with E-state index in [1.807, 2.05) is 25.1 Å². The van der Waals surface area contributed by atoms with Crippen LogP contribution in [0, 0.1) is 18.3 Å². The van der Waals surface area contributed by atoms with E-state index in [1.165, 1.54) is 19.3 Å². The SMILES string of the molecule is Cc1ccc(NC(=O)C2CC23CCNCC3)cc1NC(=O)CN1CCCCC1. The average Bonchev–Trinajstić information content (AvgIpc) is 3.38. The molecule has 152 valence electrons. The molecular formula is C22H32N4O2. The minimum atomic E-state index is 0.0179. The zero-order valence-corrected chi connectivity index (χ0v) is 16.9. The van der Waals surface area contributed by atoms with Gasteiger partial charge in [0.2, 0.25) is 11.8 Å². The maximum Gasteiger partial charge on any atom is 0.238 e. The van der Waals surface area contributed by atoms with E-state index in [0.29, 0.717) is 6.54 Å². The Hall–Kier alpha value is -1.92. The fraction of sp³-hybridized carbons (Fsp3) is 0.636. The number of likely N-dealkylation sites (tertiary alicyclic amines) is 1. The molecule has 2 saturated heterocycles. The second-order valence-electron chi connectivity index (χ2n) is 8.77. The van der Waals surface area contributed by atoms with Crippen molar-refractivity contribution in [1.29, 1.82) is 0 Å². The molecular weight excluding hydrogens is 352 g/mol. The van der Waals surface area contributed by atoms with Crippen molar-refractivity contribution >= 4 is 23.2 Å². The second-order valence-corrected chi connectivity index (χ2v) is 8.77. The Morgan fingerprint density at radius 1 is 1.14 bits per heavy atom. The summed E-state index contributed by atoms with van der Waals surface area (Å²) in [7, 11) is 0. The van der Waals surface area contributed by atoms with Gasteiger partial charge in [-0.05, 0) is 88.3 Å². The topological polar surface area (TPSA) is 73.5 Å². The molecule has 3 N–H and O–H groups in total. The highest BCUT2D eigenvalue weighted by Crippen LogP contribution is 2.58. The van der Waals surface area contributed by atoms with Gasteiger partial charge in [-0.15, -0.1) is 0 Å². The van der Waals surface area contributed by atoms with E-state index in [4.69, 9.17) is 0 Å². The number of nitrogens with one attached hydrogen (secondary N) is 3. The Bertz CT molecular complexity index is 736. The maximum absolute atomic E-state index is 12.7. The normalized spacial score (nSPS) is 24.0. The van der Waals surface area contributed by atoms with E-state index < -0.39 is 0 Å². The first-order valence-electron chi connectivity index (χ1n) is 10.7. The van der Waals surface area contributed by atoms with Gasteiger partial charge < -0.3 is 16.0 Å². The van der Waals surface area contributed by atoms with Crippen LogP contribution in [0.15, 0.2) is 18.2 Å². The van der Waals surface area contributed by atoms with Gasteiger partial charge in [-0.25, -0.2) is 0 Å². The summed E-state index contributed by atoms with van der Waals surface area (Å²) < 4.78 is 0. The molecule has 0 aromatic heterocycles. The number of piperidine rings is 2. The van der Waals surface area contributed by atoms with Crippen molar-refractivity contribution in [3.05, 3.63) is 23.8 Å². The molecule has 3 aliphatic rings. The van der Waals surface area contributed by atoms with Crippen molar-refractivity contribution in [3.63, 3.8) is 0 Å². The highest BCUT2D eigenvalue weighted by Gasteiger charge is 2.57. The lowest BCUT2D eigenvalue weighted by Crippen LogP contribution is -2.36. The standard InChI is InChI=1S/C22H32N4O2/c1-16-5-6-17(24-21(28)18-14-22(18)7-9-23-10-8-22)13-19(16)25-20(27)15-26-11-3-2-4-12-26/h5-6,13,18,23H,2-4,7-12,14-15H2,1H3,(H,24,28)(H,25,27). The zero-order valence-electron chi connectivity index (χ0n) is 16.9. The first-order valence-corrected chi connectivity index (χ1v) is 10.7. The fourth-order valence-corrected chi connectivity index (χ4v) is 4.77. The Labute approximate surface area is 167 Å². The summed E-state index contributed by atoms with van der Waals surface area (Å²) >= 11 is 0. The van der Waals surface area contributed by atoms with Gasteiger partial charge in [-0.3, -0.25) is 14.5 Å². The third-order valence-corrected chi connectivity index (χ3v) is 6.70. The molecule has 1 aromatic carbocycles. The highest BCUT2D eigenvalue weighted by atomic mass is 16.2. The Balaban J connectivity index is 1.34. The van der Waals surface area contributed by atoms with E-state index in [-0.39, 0.29) is 23.1 Å². The van der Waals surface area contributed by atoms with Crippen LogP contribution in [0.4, 0.5) is 11.4 Å². The number of carbonyl (C=O) groups is 2. The van der Waals surface area contributed by atoms with Gasteiger partial charge in [-0.1, -0.05) is 12.5 Å². The van der Waals surface area contributed by atoms with Gasteiger partial charge in [-0.2, -0.15) is 0 Å². The predicted molar refractivity (Wildman–Crippen MR) is 111 cm³/mol. The quantitative estimate of drug-likeness (QED) is 0.730. The number of benzene rings is 1. The average molecular weight is 385 g/mol. The highest BCUT2D eigenvalue weighted by molar-refractivity contribution is 5.97. The third-order valence-electron chi connectivity index (χ3n) is 6.70. The number of hydrogen-bond donors (Lipinski definition) is 3. The molecule has 0 bridgehead atoms. The lowest BCUT2D eigenvalue weighted by atomic mass is 9.92. The largest absolute Gasteiger partial charge is 0.326 e. The first kappa shape index (κ1) is 19.4. The second kappa shape index (κ2) is 8.21. The van der Waals surface area contributed by atoms with E-state index in [0.717, 1.165) is 62.4 Å². The molecule has 1 spiro atoms. The van der Waals surface area contributed by atoms with Gasteiger partial charge in [0.05, 0.1) is 6.54 Å². The number of hydrogen-bond acceptors (Lipinski definition) is 4. The smallest absolute Gasteiger partial charge is 0.238 e. The predicted octanol–water partition coefficient (Wildman–Crippen LogP) is 2.75. The summed E-state index contributed by atoms with van der Waals surface area (Å²) in [5, 5.41) is 9.48. The number of anilines is 2. The lowest BCUT2D eigenvalue weighted by Gasteiger charge is -2.25. The van der Waals surface area contributed by atoms with E-state index in [2.05, 4.69) is 20.9 Å². The molecule has 3 fully saturated rings. The molecule has 1 atom stereocenters. The molecule has 28 heavy (non-hydrogen) atoms. The Kier molecular flexibility index (Phi) is 5.69. The number of carbonyl (C=O) groups excluding carboxylic acids is 2. The summed E-state index contributed by atoms with van der Waals surface area (Å²) in [4.78, 5) is 27.4. The molecule has 1 saturated carbocycles. The molecule has 4 rings (SSSR count). The number of rotatable bonds is 5. The summed E-state index contributed by atoms with van der Waals surface area (Å²) in [6.07, 6.45) is 6.80. The van der Waals surface area contributed by atoms with Crippen molar-refractivity contribution in [2.45, 2.75) is 45.4 Å². The molecule has 6 heteroatoms. The number of aryl methyl sites for hydroxylation is 1. The van der Waals surface area contributed by atoms with Crippen molar-refractivity contribution in [3.8, 4) is 0 Å². The van der Waals surface area contributed by atoms with Crippen LogP contribution in [0.5, 0.6) is 0 Å². The van der Waals surface area contributed by atoms with Crippen molar-refractivity contribution in [2.24, 2.45) is 11.3 Å². The maximum atomic E-state index is 12.7. The zero-order chi connectivity index (χ0) is 19.6. The summed E-state index contributed by atoms with van der Waals surface area (Å²) in [6, 6.07) is 5.77. The van der Waals surface area contributed by atoms with Crippen LogP contribution in [0.3, 0.4) is 0 Å². The molecule has 1 aromatic rings. The van der Waals surface area contributed by atoms with Crippen LogP contribution >= 0.6 is 0 Å². The van der Waals surface area contributed by atoms with Gasteiger partial charge in [0, 0.05) is 17.3 Å². The van der Waals surface area contributed by atoms with Gasteiger partial charge in [0.15, 0.2) is 0 Å². The molecule has 1 aliphatic carbocycles. The lowest BCUT2D eigenvalue weighted by molar-refractivity contribution is -0.118. The number of nitrogens with zero attached hydrogens (tertiary/aromatic N) is 1.